The highest BCUT2D eigenvalue weighted by molar-refractivity contribution is 8.00. The normalized spacial score (nSPS) is 31.5. The number of para-hydroxylation sites is 2. The first kappa shape index (κ1) is 62.7. The largest absolute Gasteiger partial charge is 0.507 e. The van der Waals surface area contributed by atoms with Crippen molar-refractivity contribution in [3.05, 3.63) is 59.7 Å². The Balaban J connectivity index is 0.000000277. The van der Waals surface area contributed by atoms with Gasteiger partial charge in [0, 0.05) is 24.0 Å². The van der Waals surface area contributed by atoms with Gasteiger partial charge in [-0.2, -0.15) is 0 Å². The number of phenols is 2. The van der Waals surface area contributed by atoms with E-state index in [4.69, 9.17) is 42.1 Å². The highest BCUT2D eigenvalue weighted by Crippen LogP contribution is 2.37. The van der Waals surface area contributed by atoms with Crippen LogP contribution in [0.15, 0.2) is 48.5 Å². The lowest BCUT2D eigenvalue weighted by atomic mass is 9.92. The number of rotatable bonds is 22. The highest BCUT2D eigenvalue weighted by Gasteiger charge is 2.50. The molecule has 19 nitrogen and oxygen atoms in total. The van der Waals surface area contributed by atoms with E-state index >= 15 is 0 Å². The van der Waals surface area contributed by atoms with E-state index in [9.17, 15) is 60.0 Å². The summed E-state index contributed by atoms with van der Waals surface area (Å²) in [5, 5.41) is 87.6. The van der Waals surface area contributed by atoms with Gasteiger partial charge >= 0.3 is 11.9 Å². The topological polar surface area (TPSA) is 294 Å². The van der Waals surface area contributed by atoms with Crippen LogP contribution >= 0.6 is 46.7 Å². The zero-order valence-corrected chi connectivity index (χ0v) is 46.2. The second-order valence-electron chi connectivity index (χ2n) is 19.9. The first-order valence-electron chi connectivity index (χ1n) is 25.8. The molecule has 4 fully saturated rings. The molecule has 3 heterocycles. The van der Waals surface area contributed by atoms with E-state index < -0.39 is 94.5 Å². The maximum Gasteiger partial charge on any atom is 0.341 e. The van der Waals surface area contributed by atoms with Crippen molar-refractivity contribution < 1.29 is 79.0 Å². The van der Waals surface area contributed by atoms with E-state index in [-0.39, 0.29) is 71.1 Å². The van der Waals surface area contributed by atoms with Crippen molar-refractivity contribution in [3.8, 4) is 11.5 Å². The smallest absolute Gasteiger partial charge is 0.341 e. The van der Waals surface area contributed by atoms with Crippen LogP contribution in [-0.2, 0) is 28.5 Å². The number of esters is 2. The van der Waals surface area contributed by atoms with Gasteiger partial charge in [-0.25, -0.2) is 9.59 Å². The standard InChI is InChI=1S/C26H39ClN2O8S.C26H38ClNO8S/c1-4-7-15-12-17(29(3)13-15)24(34)28-19(14(2)27)23-21(32)20(31)22(33)26(37-23)38-11-10-36-25(35)16-8-5-6-9-18(16)30;1-3-6-15-9-10-16(13-15)24(33)28-19(14(2)27)23-21(31)20(30)22(32)26(36-23)37-12-11-35-25(34)17-7-4-5-8-18(17)29/h5-6,8-9,14-15,17,19-23,26,30-33H,4,7,10-13H2,1-3H3,(H,28,34);4-5,7-8,14-16,19-23,26,29-32H,3,6,9-13H2,1-2H3,(H,28,33)/t14-,15+,17-,19+,20-,21+,22+,23+,26+;14-,15-,16-,19+,20-,21+,22+,23+,26+/m00/s1. The van der Waals surface area contributed by atoms with E-state index in [1.54, 1.807) is 38.1 Å². The zero-order chi connectivity index (χ0) is 55.1. The molecule has 10 N–H and O–H groups in total. The summed E-state index contributed by atoms with van der Waals surface area (Å²) in [6.07, 6.45) is -3.35. The van der Waals surface area contributed by atoms with Crippen molar-refractivity contribution in [1.29, 1.82) is 0 Å². The Labute approximate surface area is 457 Å². The second kappa shape index (κ2) is 30.3. The molecule has 2 aromatic rings. The predicted molar refractivity (Wildman–Crippen MR) is 285 cm³/mol. The van der Waals surface area contributed by atoms with Crippen molar-refractivity contribution >= 4 is 70.5 Å². The number of aliphatic hydroxyl groups is 6. The Kier molecular flexibility index (Phi) is 25.3. The molecule has 2 aromatic carbocycles. The number of carbonyl (C=O) groups is 4. The molecule has 1 aliphatic carbocycles. The van der Waals surface area contributed by atoms with E-state index in [0.717, 1.165) is 81.4 Å². The Morgan fingerprint density at radius 2 is 1.09 bits per heavy atom. The summed E-state index contributed by atoms with van der Waals surface area (Å²) in [6.45, 7) is 8.33. The lowest BCUT2D eigenvalue weighted by Gasteiger charge is -2.44. The number of likely N-dealkylation sites (tertiary alicyclic amines) is 1. The average Bonchev–Trinajstić information content (AvgIpc) is 4.01. The molecule has 0 bridgehead atoms. The van der Waals surface area contributed by atoms with Crippen LogP contribution < -0.4 is 10.6 Å². The van der Waals surface area contributed by atoms with Gasteiger partial charge in [-0.1, -0.05) is 57.4 Å². The van der Waals surface area contributed by atoms with Crippen molar-refractivity contribution in [2.75, 3.05) is 38.3 Å². The minimum absolute atomic E-state index is 0.0358. The Morgan fingerprint density at radius 3 is 1.53 bits per heavy atom. The van der Waals surface area contributed by atoms with Crippen LogP contribution in [0, 0.1) is 17.8 Å². The van der Waals surface area contributed by atoms with Crippen LogP contribution in [-0.4, -0.2) is 196 Å². The first-order chi connectivity index (χ1) is 35.7. The molecule has 0 spiro atoms. The Morgan fingerprint density at radius 1 is 0.653 bits per heavy atom. The number of nitrogens with one attached hydrogen (secondary N) is 2. The molecule has 0 aromatic heterocycles. The number of phenolic OH excluding ortho intramolecular Hbond substituents is 2. The number of hydrogen-bond acceptors (Lipinski definition) is 19. The quantitative estimate of drug-likeness (QED) is 0.0456. The molecular weight excluding hydrogens is 1060 g/mol. The van der Waals surface area contributed by atoms with Crippen molar-refractivity contribution in [3.63, 3.8) is 0 Å². The second-order valence-corrected chi connectivity index (χ2v) is 23.7. The van der Waals surface area contributed by atoms with Crippen molar-refractivity contribution in [2.45, 2.75) is 168 Å². The number of hydrogen-bond donors (Lipinski definition) is 10. The summed E-state index contributed by atoms with van der Waals surface area (Å²) in [6, 6.07) is 10.1. The third-order valence-electron chi connectivity index (χ3n) is 14.2. The van der Waals surface area contributed by atoms with Crippen LogP contribution in [0.2, 0.25) is 0 Å². The zero-order valence-electron chi connectivity index (χ0n) is 43.1. The third kappa shape index (κ3) is 17.2. The molecule has 3 aliphatic heterocycles. The minimum Gasteiger partial charge on any atom is -0.507 e. The SMILES string of the molecule is CCC[C@@H]1C[C@@H](C(=O)N[C@@H]([C@H]2O[C@H](SCCOC(=O)c3ccccc3O)[C@H](O)[C@@H](O)[C@H]2O)[C@H](C)Cl)N(C)C1.CCC[C@H]1CC[C@H](C(=O)N[C@@H]([C@H]2O[C@H](SCCOC(=O)c3ccccc3O)[C@H](O)[C@@H](O)[C@H]2O)[C@H](C)Cl)C1. The average molecular weight is 1140 g/mol. The number of alkyl halides is 2. The maximum absolute atomic E-state index is 13.2. The van der Waals surface area contributed by atoms with Gasteiger partial charge < -0.3 is 70.4 Å². The Bertz CT molecular complexity index is 2140. The van der Waals surface area contributed by atoms with Crippen molar-refractivity contribution in [1.82, 2.24) is 15.5 Å². The number of aromatic hydroxyl groups is 2. The van der Waals surface area contributed by atoms with Crippen LogP contribution in [0.3, 0.4) is 0 Å². The fourth-order valence-electron chi connectivity index (χ4n) is 10.1. The molecule has 4 aliphatic rings. The third-order valence-corrected chi connectivity index (χ3v) is 17.0. The van der Waals surface area contributed by atoms with E-state index in [2.05, 4.69) is 24.5 Å². The summed E-state index contributed by atoms with van der Waals surface area (Å²) in [5.41, 5.74) is -1.85. The molecule has 0 radical (unpaired) electrons. The summed E-state index contributed by atoms with van der Waals surface area (Å²) in [4.78, 5) is 52.5. The van der Waals surface area contributed by atoms with Crippen LogP contribution in [0.5, 0.6) is 11.5 Å². The van der Waals surface area contributed by atoms with Gasteiger partial charge in [0.15, 0.2) is 0 Å². The highest BCUT2D eigenvalue weighted by atomic mass is 35.5. The van der Waals surface area contributed by atoms with Gasteiger partial charge in [0.05, 0.1) is 28.9 Å². The molecular formula is C52H77Cl2N3O16S2. The van der Waals surface area contributed by atoms with Gasteiger partial charge in [-0.3, -0.25) is 14.5 Å². The number of halogens is 2. The summed E-state index contributed by atoms with van der Waals surface area (Å²) in [7, 11) is 1.91. The predicted octanol–water partition coefficient (Wildman–Crippen LogP) is 3.74. The van der Waals surface area contributed by atoms with Gasteiger partial charge in [0.2, 0.25) is 11.8 Å². The molecule has 1 saturated carbocycles. The molecule has 0 unspecified atom stereocenters. The summed E-state index contributed by atoms with van der Waals surface area (Å²) < 4.78 is 22.3. The summed E-state index contributed by atoms with van der Waals surface area (Å²) >= 11 is 15.0. The van der Waals surface area contributed by atoms with Crippen molar-refractivity contribution in [2.24, 2.45) is 17.8 Å². The number of aliphatic hydroxyl groups excluding tert-OH is 6. The fourth-order valence-corrected chi connectivity index (χ4v) is 12.5. The number of amides is 2. The van der Waals surface area contributed by atoms with Crippen LogP contribution in [0.25, 0.3) is 0 Å². The molecule has 75 heavy (non-hydrogen) atoms. The number of thioether (sulfide) groups is 2. The molecule has 23 heteroatoms. The fraction of sp³-hybridized carbons (Fsp3) is 0.692. The lowest BCUT2D eigenvalue weighted by molar-refractivity contribution is -0.205. The first-order valence-corrected chi connectivity index (χ1v) is 28.8. The molecule has 422 valence electrons. The van der Waals surface area contributed by atoms with E-state index in [1.165, 1.54) is 24.3 Å². The number of benzene rings is 2. The monoisotopic (exact) mass is 1130 g/mol. The molecule has 3 saturated heterocycles. The van der Waals surface area contributed by atoms with Gasteiger partial charge in [0.25, 0.3) is 0 Å². The Hall–Kier alpha value is -3.16. The number of carbonyl (C=O) groups excluding carboxylic acids is 4. The molecule has 2 amide bonds. The number of nitrogens with zero attached hydrogens (tertiary/aromatic N) is 1. The lowest BCUT2D eigenvalue weighted by Crippen LogP contribution is -2.65. The maximum atomic E-state index is 13.2. The molecule has 6 rings (SSSR count). The minimum atomic E-state index is -1.53. The molecule has 18 atom stereocenters. The van der Waals surface area contributed by atoms with Crippen LogP contribution in [0.1, 0.15) is 99.8 Å². The summed E-state index contributed by atoms with van der Waals surface area (Å²) in [5.74, 6) is -0.882. The van der Waals surface area contributed by atoms with E-state index in [0.29, 0.717) is 11.8 Å². The van der Waals surface area contributed by atoms with E-state index in [1.807, 2.05) is 11.9 Å². The number of likely N-dealkylation sites (N-methyl/N-ethyl adjacent to an activating group) is 1. The number of ether oxygens (including phenoxy) is 4. The van der Waals surface area contributed by atoms with Gasteiger partial charge in [0.1, 0.15) is 95.5 Å². The van der Waals surface area contributed by atoms with Gasteiger partial charge in [-0.15, -0.1) is 46.7 Å². The van der Waals surface area contributed by atoms with Crippen LogP contribution in [0.4, 0.5) is 0 Å². The van der Waals surface area contributed by atoms with Gasteiger partial charge in [-0.05, 0) is 89.1 Å².